The van der Waals surface area contributed by atoms with Crippen molar-refractivity contribution in [2.24, 2.45) is 0 Å². The van der Waals surface area contributed by atoms with Crippen molar-refractivity contribution in [2.75, 3.05) is 7.05 Å². The molecule has 4 rings (SSSR count). The smallest absolute Gasteiger partial charge is 0.271 e. The first-order valence-electron chi connectivity index (χ1n) is 9.04. The van der Waals surface area contributed by atoms with E-state index in [2.05, 4.69) is 5.32 Å². The molecule has 2 heterocycles. The molecule has 0 saturated heterocycles. The Kier molecular flexibility index (Phi) is 4.61. The molecule has 2 aromatic carbocycles. The first kappa shape index (κ1) is 17.9. The summed E-state index contributed by atoms with van der Waals surface area (Å²) in [6.07, 6.45) is 1.55. The number of nitrogens with one attached hydrogen (secondary N) is 1. The third kappa shape index (κ3) is 3.03. The van der Waals surface area contributed by atoms with E-state index in [0.717, 1.165) is 22.4 Å². The summed E-state index contributed by atoms with van der Waals surface area (Å²) < 4.78 is 7.62. The summed E-state index contributed by atoms with van der Waals surface area (Å²) in [7, 11) is 1.47. The van der Waals surface area contributed by atoms with Crippen LogP contribution in [0.1, 0.15) is 33.1 Å². The van der Waals surface area contributed by atoms with Crippen LogP contribution in [0.4, 0.5) is 0 Å². The number of para-hydroxylation sites is 1. The zero-order valence-electron chi connectivity index (χ0n) is 15.4. The lowest BCUT2D eigenvalue weighted by Gasteiger charge is -2.22. The molecule has 0 fully saturated rings. The Morgan fingerprint density at radius 1 is 1.14 bits per heavy atom. The SMILES string of the molecule is CNC(=O)c1c(O)c(=O)ccn1CC1c2ccccc2COc2ccccc21. The molecule has 1 unspecified atom stereocenters. The molecule has 6 heteroatoms. The van der Waals surface area contributed by atoms with E-state index in [9.17, 15) is 14.7 Å². The molecule has 6 nitrogen and oxygen atoms in total. The number of fused-ring (bicyclic) bond motifs is 2. The molecule has 142 valence electrons. The van der Waals surface area contributed by atoms with E-state index in [1.165, 1.54) is 13.1 Å². The minimum atomic E-state index is -0.583. The third-order valence-corrected chi connectivity index (χ3v) is 5.08. The number of benzene rings is 2. The van der Waals surface area contributed by atoms with Gasteiger partial charge < -0.3 is 19.7 Å². The summed E-state index contributed by atoms with van der Waals surface area (Å²) in [6, 6.07) is 17.1. The van der Waals surface area contributed by atoms with Gasteiger partial charge in [-0.2, -0.15) is 0 Å². The van der Waals surface area contributed by atoms with Gasteiger partial charge in [0.25, 0.3) is 5.91 Å². The number of aromatic nitrogens is 1. The van der Waals surface area contributed by atoms with Gasteiger partial charge in [0.15, 0.2) is 11.4 Å². The van der Waals surface area contributed by atoms with E-state index >= 15 is 0 Å². The highest BCUT2D eigenvalue weighted by Gasteiger charge is 2.27. The second-order valence-corrected chi connectivity index (χ2v) is 6.69. The van der Waals surface area contributed by atoms with Crippen LogP contribution in [0.3, 0.4) is 0 Å². The summed E-state index contributed by atoms with van der Waals surface area (Å²) in [5.41, 5.74) is 2.52. The van der Waals surface area contributed by atoms with Gasteiger partial charge >= 0.3 is 0 Å². The van der Waals surface area contributed by atoms with E-state index < -0.39 is 17.1 Å². The van der Waals surface area contributed by atoms with Gasteiger partial charge in [0.05, 0.1) is 0 Å². The van der Waals surface area contributed by atoms with Crippen LogP contribution in [0.25, 0.3) is 0 Å². The van der Waals surface area contributed by atoms with E-state index in [1.807, 2.05) is 48.5 Å². The first-order chi connectivity index (χ1) is 13.6. The van der Waals surface area contributed by atoms with Crippen molar-refractivity contribution in [3.8, 4) is 11.5 Å². The van der Waals surface area contributed by atoms with Crippen LogP contribution >= 0.6 is 0 Å². The Labute approximate surface area is 162 Å². The lowest BCUT2D eigenvalue weighted by molar-refractivity contribution is 0.0949. The average molecular weight is 376 g/mol. The summed E-state index contributed by atoms with van der Waals surface area (Å²) >= 11 is 0. The first-order valence-corrected chi connectivity index (χ1v) is 9.04. The molecular weight excluding hydrogens is 356 g/mol. The van der Waals surface area contributed by atoms with Gasteiger partial charge in [0.1, 0.15) is 12.4 Å². The Morgan fingerprint density at radius 3 is 2.64 bits per heavy atom. The highest BCUT2D eigenvalue weighted by molar-refractivity contribution is 5.94. The molecule has 0 spiro atoms. The topological polar surface area (TPSA) is 80.6 Å². The number of hydrogen-bond donors (Lipinski definition) is 2. The van der Waals surface area contributed by atoms with Gasteiger partial charge in [0, 0.05) is 37.3 Å². The Hall–Kier alpha value is -3.54. The highest BCUT2D eigenvalue weighted by Crippen LogP contribution is 2.38. The van der Waals surface area contributed by atoms with Crippen LogP contribution in [-0.4, -0.2) is 22.6 Å². The fraction of sp³-hybridized carbons (Fsp3) is 0.182. The summed E-state index contributed by atoms with van der Waals surface area (Å²) in [6.45, 7) is 0.829. The largest absolute Gasteiger partial charge is 0.503 e. The molecule has 0 radical (unpaired) electrons. The van der Waals surface area contributed by atoms with Crippen molar-refractivity contribution in [1.82, 2.24) is 9.88 Å². The van der Waals surface area contributed by atoms with Crippen LogP contribution in [0, 0.1) is 0 Å². The number of ether oxygens (including phenoxy) is 1. The van der Waals surface area contributed by atoms with Crippen molar-refractivity contribution >= 4 is 5.91 Å². The van der Waals surface area contributed by atoms with Gasteiger partial charge in [-0.1, -0.05) is 42.5 Å². The number of carbonyl (C=O) groups is 1. The summed E-state index contributed by atoms with van der Waals surface area (Å²) in [5.74, 6) is -0.384. The fourth-order valence-corrected chi connectivity index (χ4v) is 3.69. The Balaban J connectivity index is 1.88. The molecule has 1 atom stereocenters. The van der Waals surface area contributed by atoms with Gasteiger partial charge in [-0.15, -0.1) is 0 Å². The van der Waals surface area contributed by atoms with Crippen LogP contribution in [-0.2, 0) is 13.2 Å². The quantitative estimate of drug-likeness (QED) is 0.736. The lowest BCUT2D eigenvalue weighted by Crippen LogP contribution is -2.27. The number of aromatic hydroxyl groups is 1. The molecule has 0 bridgehead atoms. The zero-order valence-corrected chi connectivity index (χ0v) is 15.4. The molecule has 0 saturated carbocycles. The molecule has 3 aromatic rings. The minimum Gasteiger partial charge on any atom is -0.503 e. The maximum atomic E-state index is 12.4. The number of carbonyl (C=O) groups excluding carboxylic acids is 1. The van der Waals surface area contributed by atoms with Gasteiger partial charge in [-0.3, -0.25) is 9.59 Å². The molecule has 2 N–H and O–H groups in total. The number of hydrogen-bond acceptors (Lipinski definition) is 4. The predicted molar refractivity (Wildman–Crippen MR) is 105 cm³/mol. The number of nitrogens with zero attached hydrogens (tertiary/aromatic N) is 1. The van der Waals surface area contributed by atoms with Crippen molar-refractivity contribution < 1.29 is 14.6 Å². The molecule has 28 heavy (non-hydrogen) atoms. The Bertz CT molecular complexity index is 1060. The van der Waals surface area contributed by atoms with E-state index in [-0.39, 0.29) is 11.6 Å². The van der Waals surface area contributed by atoms with Gasteiger partial charge in [-0.25, -0.2) is 0 Å². The molecule has 1 aliphatic heterocycles. The van der Waals surface area contributed by atoms with Crippen molar-refractivity contribution in [1.29, 1.82) is 0 Å². The van der Waals surface area contributed by atoms with Gasteiger partial charge in [-0.05, 0) is 17.2 Å². The maximum Gasteiger partial charge on any atom is 0.271 e. The second-order valence-electron chi connectivity index (χ2n) is 6.69. The minimum absolute atomic E-state index is 0.0462. The van der Waals surface area contributed by atoms with Gasteiger partial charge in [0.2, 0.25) is 5.43 Å². The van der Waals surface area contributed by atoms with Crippen molar-refractivity contribution in [3.63, 3.8) is 0 Å². The number of rotatable bonds is 3. The van der Waals surface area contributed by atoms with Crippen molar-refractivity contribution in [2.45, 2.75) is 19.1 Å². The Morgan fingerprint density at radius 2 is 1.86 bits per heavy atom. The molecule has 1 aliphatic rings. The highest BCUT2D eigenvalue weighted by atomic mass is 16.5. The van der Waals surface area contributed by atoms with E-state index in [0.29, 0.717) is 13.2 Å². The standard InChI is InChI=1S/C22H20N2O4/c1-23-22(27)20-21(26)18(25)10-11-24(20)12-17-15-7-3-2-6-14(15)13-28-19-9-5-4-8-16(17)19/h2-11,17,26H,12-13H2,1H3,(H,23,27). The van der Waals surface area contributed by atoms with Crippen molar-refractivity contribution in [3.05, 3.63) is 93.4 Å². The third-order valence-electron chi connectivity index (χ3n) is 5.08. The average Bonchev–Trinajstić information content (AvgIpc) is 2.88. The normalized spacial score (nSPS) is 15.0. The molecule has 0 aliphatic carbocycles. The predicted octanol–water partition coefficient (Wildman–Crippen LogP) is 2.64. The van der Waals surface area contributed by atoms with Crippen LogP contribution in [0.5, 0.6) is 11.5 Å². The van der Waals surface area contributed by atoms with Crippen LogP contribution in [0.15, 0.2) is 65.6 Å². The zero-order chi connectivity index (χ0) is 19.7. The number of amides is 1. The lowest BCUT2D eigenvalue weighted by atomic mass is 9.88. The summed E-state index contributed by atoms with van der Waals surface area (Å²) in [4.78, 5) is 24.2. The molecule has 1 amide bonds. The summed E-state index contributed by atoms with van der Waals surface area (Å²) in [5, 5.41) is 12.7. The van der Waals surface area contributed by atoms with E-state index in [1.54, 1.807) is 10.8 Å². The molecular formula is C22H20N2O4. The number of pyridine rings is 1. The monoisotopic (exact) mass is 376 g/mol. The fourth-order valence-electron chi connectivity index (χ4n) is 3.69. The van der Waals surface area contributed by atoms with E-state index in [4.69, 9.17) is 4.74 Å². The molecule has 1 aromatic heterocycles. The second kappa shape index (κ2) is 7.23. The van der Waals surface area contributed by atoms with Crippen LogP contribution < -0.4 is 15.5 Å². The van der Waals surface area contributed by atoms with Crippen LogP contribution in [0.2, 0.25) is 0 Å². The maximum absolute atomic E-state index is 12.4.